The van der Waals surface area contributed by atoms with Crippen molar-refractivity contribution in [3.63, 3.8) is 0 Å². The highest BCUT2D eigenvalue weighted by Crippen LogP contribution is 2.27. The highest BCUT2D eigenvalue weighted by molar-refractivity contribution is 6.03. The Morgan fingerprint density at radius 1 is 1.14 bits per heavy atom. The predicted octanol–water partition coefficient (Wildman–Crippen LogP) is 4.62. The van der Waals surface area contributed by atoms with E-state index >= 15 is 0 Å². The van der Waals surface area contributed by atoms with Gasteiger partial charge in [-0.3, -0.25) is 4.79 Å². The van der Waals surface area contributed by atoms with Gasteiger partial charge < -0.3 is 10.1 Å². The average Bonchev–Trinajstić information content (AvgIpc) is 3.24. The maximum atomic E-state index is 13.9. The van der Waals surface area contributed by atoms with E-state index in [4.69, 9.17) is 4.74 Å². The standard InChI is InChI=1S/C22H23FN4O2/c23-17-9-4-5-10-19(17)27-14-12-18(26-27)22(28)25-21-20(11-6-13-24-21)29-15-16-7-2-1-3-8-16/h4-6,9-14,16H,1-3,7-8,15H2,(H,24,25,28). The summed E-state index contributed by atoms with van der Waals surface area (Å²) < 4.78 is 21.2. The highest BCUT2D eigenvalue weighted by Gasteiger charge is 2.17. The van der Waals surface area contributed by atoms with Crippen molar-refractivity contribution in [2.75, 3.05) is 11.9 Å². The number of anilines is 1. The van der Waals surface area contributed by atoms with E-state index in [-0.39, 0.29) is 11.4 Å². The molecule has 7 heteroatoms. The molecule has 0 spiro atoms. The summed E-state index contributed by atoms with van der Waals surface area (Å²) in [6.45, 7) is 0.622. The first-order valence-corrected chi connectivity index (χ1v) is 9.90. The molecule has 4 rings (SSSR count). The van der Waals surface area contributed by atoms with E-state index in [0.717, 1.165) is 0 Å². The minimum atomic E-state index is -0.429. The van der Waals surface area contributed by atoms with Crippen LogP contribution in [0.4, 0.5) is 10.2 Å². The minimum Gasteiger partial charge on any atom is -0.489 e. The number of carbonyl (C=O) groups excluding carboxylic acids is 1. The predicted molar refractivity (Wildman–Crippen MR) is 108 cm³/mol. The van der Waals surface area contributed by atoms with Gasteiger partial charge in [-0.15, -0.1) is 0 Å². The van der Waals surface area contributed by atoms with Gasteiger partial charge in [0.2, 0.25) is 0 Å². The van der Waals surface area contributed by atoms with E-state index in [9.17, 15) is 9.18 Å². The Kier molecular flexibility index (Phi) is 5.84. The van der Waals surface area contributed by atoms with Crippen LogP contribution in [0.15, 0.2) is 54.9 Å². The normalized spacial score (nSPS) is 14.5. The van der Waals surface area contributed by atoms with Gasteiger partial charge in [0.1, 0.15) is 11.5 Å². The van der Waals surface area contributed by atoms with Crippen molar-refractivity contribution < 1.29 is 13.9 Å². The summed E-state index contributed by atoms with van der Waals surface area (Å²) in [6, 6.07) is 11.4. The van der Waals surface area contributed by atoms with E-state index in [0.29, 0.717) is 24.1 Å². The maximum Gasteiger partial charge on any atom is 0.277 e. The van der Waals surface area contributed by atoms with E-state index in [1.165, 1.54) is 48.9 Å². The zero-order chi connectivity index (χ0) is 20.1. The molecule has 6 nitrogen and oxygen atoms in total. The van der Waals surface area contributed by atoms with Gasteiger partial charge in [-0.2, -0.15) is 5.10 Å². The van der Waals surface area contributed by atoms with Gasteiger partial charge in [-0.05, 0) is 49.1 Å². The summed E-state index contributed by atoms with van der Waals surface area (Å²) in [4.78, 5) is 16.9. The Bertz CT molecular complexity index is 982. The third-order valence-electron chi connectivity index (χ3n) is 5.12. The Morgan fingerprint density at radius 3 is 2.79 bits per heavy atom. The first-order chi connectivity index (χ1) is 14.2. The zero-order valence-electron chi connectivity index (χ0n) is 16.1. The summed E-state index contributed by atoms with van der Waals surface area (Å²) in [6.07, 6.45) is 9.28. The van der Waals surface area contributed by atoms with E-state index in [2.05, 4.69) is 15.4 Å². The van der Waals surface area contributed by atoms with Crippen molar-refractivity contribution in [1.82, 2.24) is 14.8 Å². The summed E-state index contributed by atoms with van der Waals surface area (Å²) in [5.41, 5.74) is 0.443. The molecule has 3 aromatic rings. The van der Waals surface area contributed by atoms with Crippen LogP contribution in [0.2, 0.25) is 0 Å². The number of hydrogen-bond acceptors (Lipinski definition) is 4. The Hall–Kier alpha value is -3.22. The summed E-state index contributed by atoms with van der Waals surface area (Å²) in [5.74, 6) is 0.602. The number of aromatic nitrogens is 3. The van der Waals surface area contributed by atoms with Crippen LogP contribution in [0.3, 0.4) is 0 Å². The number of halogens is 1. The molecule has 0 bridgehead atoms. The lowest BCUT2D eigenvalue weighted by Crippen LogP contribution is -2.18. The molecule has 1 aromatic carbocycles. The van der Waals surface area contributed by atoms with Crippen molar-refractivity contribution in [1.29, 1.82) is 0 Å². The van der Waals surface area contributed by atoms with Crippen LogP contribution in [0.1, 0.15) is 42.6 Å². The number of ether oxygens (including phenoxy) is 1. The number of hydrogen-bond donors (Lipinski definition) is 1. The van der Waals surface area contributed by atoms with Crippen LogP contribution in [-0.2, 0) is 0 Å². The maximum absolute atomic E-state index is 13.9. The number of rotatable bonds is 6. The van der Waals surface area contributed by atoms with E-state index in [1.807, 2.05) is 0 Å². The molecule has 150 valence electrons. The molecule has 1 aliphatic rings. The number of carbonyl (C=O) groups is 1. The average molecular weight is 394 g/mol. The first kappa shape index (κ1) is 19.1. The van der Waals surface area contributed by atoms with Crippen LogP contribution in [-0.4, -0.2) is 27.3 Å². The molecule has 1 aliphatic carbocycles. The Labute approximate surface area is 168 Å². The van der Waals surface area contributed by atoms with Crippen LogP contribution < -0.4 is 10.1 Å². The van der Waals surface area contributed by atoms with Crippen molar-refractivity contribution in [2.24, 2.45) is 5.92 Å². The number of pyridine rings is 1. The molecule has 1 amide bonds. The van der Waals surface area contributed by atoms with Gasteiger partial charge in [-0.1, -0.05) is 31.4 Å². The first-order valence-electron chi connectivity index (χ1n) is 9.90. The van der Waals surface area contributed by atoms with Gasteiger partial charge in [-0.25, -0.2) is 14.1 Å². The van der Waals surface area contributed by atoms with Crippen LogP contribution in [0.5, 0.6) is 5.75 Å². The summed E-state index contributed by atoms with van der Waals surface area (Å²) in [7, 11) is 0. The van der Waals surface area contributed by atoms with Crippen LogP contribution in [0.25, 0.3) is 5.69 Å². The van der Waals surface area contributed by atoms with Crippen molar-refractivity contribution >= 4 is 11.7 Å². The number of benzene rings is 1. The fraction of sp³-hybridized carbons (Fsp3) is 0.318. The molecule has 2 aromatic heterocycles. The summed E-state index contributed by atoms with van der Waals surface area (Å²) >= 11 is 0. The molecule has 1 fully saturated rings. The second kappa shape index (κ2) is 8.86. The highest BCUT2D eigenvalue weighted by atomic mass is 19.1. The molecule has 1 saturated carbocycles. The topological polar surface area (TPSA) is 69.0 Å². The third kappa shape index (κ3) is 4.62. The number of nitrogens with zero attached hydrogens (tertiary/aromatic N) is 3. The monoisotopic (exact) mass is 394 g/mol. The van der Waals surface area contributed by atoms with Crippen molar-refractivity contribution in [2.45, 2.75) is 32.1 Å². The van der Waals surface area contributed by atoms with Crippen molar-refractivity contribution in [3.05, 3.63) is 66.4 Å². The Balaban J connectivity index is 1.44. The largest absolute Gasteiger partial charge is 0.489 e. The molecule has 0 aliphatic heterocycles. The number of nitrogens with one attached hydrogen (secondary N) is 1. The molecule has 0 atom stereocenters. The number of para-hydroxylation sites is 1. The molecule has 1 N–H and O–H groups in total. The van der Waals surface area contributed by atoms with Gasteiger partial charge in [0, 0.05) is 12.4 Å². The zero-order valence-corrected chi connectivity index (χ0v) is 16.1. The van der Waals surface area contributed by atoms with Crippen LogP contribution in [0, 0.1) is 11.7 Å². The van der Waals surface area contributed by atoms with E-state index in [1.54, 1.807) is 42.7 Å². The lowest BCUT2D eigenvalue weighted by Gasteiger charge is -2.22. The lowest BCUT2D eigenvalue weighted by molar-refractivity contribution is 0.102. The van der Waals surface area contributed by atoms with Gasteiger partial charge >= 0.3 is 0 Å². The minimum absolute atomic E-state index is 0.164. The molecule has 0 unspecified atom stereocenters. The van der Waals surface area contributed by atoms with Gasteiger partial charge in [0.25, 0.3) is 5.91 Å². The SMILES string of the molecule is O=C(Nc1ncccc1OCC1CCCCC1)c1ccn(-c2ccccc2F)n1. The Morgan fingerprint density at radius 2 is 1.97 bits per heavy atom. The molecular weight excluding hydrogens is 371 g/mol. The van der Waals surface area contributed by atoms with Crippen LogP contribution >= 0.6 is 0 Å². The summed E-state index contributed by atoms with van der Waals surface area (Å²) in [5, 5.41) is 6.93. The van der Waals surface area contributed by atoms with Gasteiger partial charge in [0.05, 0.1) is 6.61 Å². The molecule has 29 heavy (non-hydrogen) atoms. The fourth-order valence-corrected chi connectivity index (χ4v) is 3.55. The molecule has 0 radical (unpaired) electrons. The fourth-order valence-electron chi connectivity index (χ4n) is 3.55. The van der Waals surface area contributed by atoms with E-state index < -0.39 is 11.7 Å². The van der Waals surface area contributed by atoms with Crippen molar-refractivity contribution in [3.8, 4) is 11.4 Å². The molecule has 2 heterocycles. The smallest absolute Gasteiger partial charge is 0.277 e. The molecular formula is C22H23FN4O2. The number of amides is 1. The third-order valence-corrected chi connectivity index (χ3v) is 5.12. The second-order valence-electron chi connectivity index (χ2n) is 7.22. The lowest BCUT2D eigenvalue weighted by atomic mass is 9.90. The quantitative estimate of drug-likeness (QED) is 0.662. The van der Waals surface area contributed by atoms with Gasteiger partial charge in [0.15, 0.2) is 17.3 Å². The molecule has 0 saturated heterocycles. The second-order valence-corrected chi connectivity index (χ2v) is 7.22.